The van der Waals surface area contributed by atoms with E-state index in [-0.39, 0.29) is 11.8 Å². The Labute approximate surface area is 96.5 Å². The fraction of sp³-hybridized carbons (Fsp3) is 0.818. The van der Waals surface area contributed by atoms with E-state index < -0.39 is 0 Å². The molecule has 0 aliphatic carbocycles. The van der Waals surface area contributed by atoms with E-state index in [4.69, 9.17) is 0 Å². The molecule has 0 unspecified atom stereocenters. The SMILES string of the molecule is CC(=O)NNC(=O)C[NH+]1CCCCCCC1. The Morgan fingerprint density at radius 1 is 1.00 bits per heavy atom. The molecule has 16 heavy (non-hydrogen) atoms. The summed E-state index contributed by atoms with van der Waals surface area (Å²) in [5.41, 5.74) is 4.72. The van der Waals surface area contributed by atoms with Crippen molar-refractivity contribution in [2.24, 2.45) is 0 Å². The van der Waals surface area contributed by atoms with Crippen LogP contribution >= 0.6 is 0 Å². The van der Waals surface area contributed by atoms with Crippen LogP contribution in [0.4, 0.5) is 0 Å². The van der Waals surface area contributed by atoms with E-state index in [0.717, 1.165) is 13.1 Å². The normalized spacial score (nSPS) is 18.3. The predicted molar refractivity (Wildman–Crippen MR) is 60.6 cm³/mol. The van der Waals surface area contributed by atoms with Crippen molar-refractivity contribution < 1.29 is 14.5 Å². The number of carbonyl (C=O) groups is 2. The van der Waals surface area contributed by atoms with Crippen LogP contribution in [-0.2, 0) is 9.59 Å². The molecule has 0 atom stereocenters. The number of hydrogen-bond donors (Lipinski definition) is 3. The van der Waals surface area contributed by atoms with Crippen LogP contribution in [0.15, 0.2) is 0 Å². The largest absolute Gasteiger partial charge is 0.327 e. The molecule has 0 bridgehead atoms. The first-order valence-electron chi connectivity index (χ1n) is 6.07. The molecule has 1 saturated heterocycles. The van der Waals surface area contributed by atoms with Crippen LogP contribution in [0.5, 0.6) is 0 Å². The van der Waals surface area contributed by atoms with Gasteiger partial charge in [0.25, 0.3) is 5.91 Å². The smallest absolute Gasteiger partial charge is 0.293 e. The highest BCUT2D eigenvalue weighted by Gasteiger charge is 2.15. The summed E-state index contributed by atoms with van der Waals surface area (Å²) in [5.74, 6) is -0.346. The maximum absolute atomic E-state index is 11.5. The van der Waals surface area contributed by atoms with E-state index in [1.807, 2.05) is 0 Å². The van der Waals surface area contributed by atoms with Gasteiger partial charge in [0.15, 0.2) is 6.54 Å². The fourth-order valence-corrected chi connectivity index (χ4v) is 2.01. The molecular weight excluding hydrogens is 206 g/mol. The number of hydrogen-bond acceptors (Lipinski definition) is 2. The van der Waals surface area contributed by atoms with Gasteiger partial charge in [0.2, 0.25) is 5.91 Å². The van der Waals surface area contributed by atoms with Crippen molar-refractivity contribution in [1.29, 1.82) is 0 Å². The fourth-order valence-electron chi connectivity index (χ4n) is 2.01. The Kier molecular flexibility index (Phi) is 5.85. The van der Waals surface area contributed by atoms with Crippen LogP contribution in [0.2, 0.25) is 0 Å². The van der Waals surface area contributed by atoms with Gasteiger partial charge < -0.3 is 4.90 Å². The molecule has 1 heterocycles. The second-order valence-electron chi connectivity index (χ2n) is 4.42. The quantitative estimate of drug-likeness (QED) is 0.531. The predicted octanol–water partition coefficient (Wildman–Crippen LogP) is -0.997. The zero-order valence-corrected chi connectivity index (χ0v) is 9.97. The van der Waals surface area contributed by atoms with Crippen LogP contribution in [0.3, 0.4) is 0 Å². The Bertz CT molecular complexity index is 235. The van der Waals surface area contributed by atoms with Crippen molar-refractivity contribution in [3.05, 3.63) is 0 Å². The number of carbonyl (C=O) groups excluding carboxylic acids is 2. The lowest BCUT2D eigenvalue weighted by Crippen LogP contribution is -3.13. The highest BCUT2D eigenvalue weighted by Crippen LogP contribution is 2.02. The van der Waals surface area contributed by atoms with Crippen molar-refractivity contribution in [3.63, 3.8) is 0 Å². The van der Waals surface area contributed by atoms with Gasteiger partial charge in [-0.15, -0.1) is 0 Å². The lowest BCUT2D eigenvalue weighted by molar-refractivity contribution is -0.893. The Morgan fingerprint density at radius 3 is 2.12 bits per heavy atom. The molecule has 1 rings (SSSR count). The Hall–Kier alpha value is -1.10. The highest BCUT2D eigenvalue weighted by atomic mass is 16.2. The van der Waals surface area contributed by atoms with Gasteiger partial charge in [-0.25, -0.2) is 0 Å². The zero-order valence-electron chi connectivity index (χ0n) is 9.97. The molecule has 5 nitrogen and oxygen atoms in total. The lowest BCUT2D eigenvalue weighted by Gasteiger charge is -2.21. The number of amides is 2. The summed E-state index contributed by atoms with van der Waals surface area (Å²) in [7, 11) is 0. The van der Waals surface area contributed by atoms with Gasteiger partial charge in [0.05, 0.1) is 13.1 Å². The van der Waals surface area contributed by atoms with Gasteiger partial charge in [-0.3, -0.25) is 20.4 Å². The van der Waals surface area contributed by atoms with Crippen LogP contribution < -0.4 is 15.8 Å². The summed E-state index contributed by atoms with van der Waals surface area (Å²) in [5, 5.41) is 0. The van der Waals surface area contributed by atoms with E-state index in [9.17, 15) is 9.59 Å². The molecule has 0 aromatic rings. The first-order chi connectivity index (χ1) is 7.68. The number of nitrogens with one attached hydrogen (secondary N) is 3. The maximum atomic E-state index is 11.5. The molecule has 2 amide bonds. The molecule has 0 saturated carbocycles. The molecule has 3 N–H and O–H groups in total. The van der Waals surface area contributed by atoms with E-state index in [2.05, 4.69) is 10.9 Å². The summed E-state index contributed by atoms with van der Waals surface area (Å²) in [6.07, 6.45) is 6.27. The van der Waals surface area contributed by atoms with Gasteiger partial charge in [0.1, 0.15) is 0 Å². The molecule has 1 fully saturated rings. The zero-order chi connectivity index (χ0) is 11.8. The molecule has 1 aliphatic heterocycles. The van der Waals surface area contributed by atoms with Gasteiger partial charge in [-0.2, -0.15) is 0 Å². The van der Waals surface area contributed by atoms with E-state index in [0.29, 0.717) is 6.54 Å². The third-order valence-electron chi connectivity index (χ3n) is 2.85. The molecule has 5 heteroatoms. The summed E-state index contributed by atoms with van der Waals surface area (Å²) >= 11 is 0. The van der Waals surface area contributed by atoms with Crippen molar-refractivity contribution in [2.75, 3.05) is 19.6 Å². The monoisotopic (exact) mass is 228 g/mol. The lowest BCUT2D eigenvalue weighted by atomic mass is 10.1. The average molecular weight is 228 g/mol. The van der Waals surface area contributed by atoms with Gasteiger partial charge in [0, 0.05) is 6.92 Å². The summed E-state index contributed by atoms with van der Waals surface area (Å²) in [4.78, 5) is 23.4. The average Bonchev–Trinajstić information content (AvgIpc) is 2.19. The molecular formula is C11H22N3O2+. The standard InChI is InChI=1S/C11H21N3O2/c1-10(15)12-13-11(16)9-14-7-5-3-2-4-6-8-14/h2-9H2,1H3,(H,12,15)(H,13,16)/p+1. The van der Waals surface area contributed by atoms with Crippen molar-refractivity contribution in [3.8, 4) is 0 Å². The van der Waals surface area contributed by atoms with Crippen LogP contribution in [0.25, 0.3) is 0 Å². The summed E-state index contributed by atoms with van der Waals surface area (Å²) in [6.45, 7) is 3.96. The van der Waals surface area contributed by atoms with Crippen LogP contribution in [0.1, 0.15) is 39.0 Å². The van der Waals surface area contributed by atoms with Crippen LogP contribution in [0, 0.1) is 0 Å². The first-order valence-corrected chi connectivity index (χ1v) is 6.07. The Morgan fingerprint density at radius 2 is 1.56 bits per heavy atom. The minimum absolute atomic E-state index is 0.106. The molecule has 0 aromatic carbocycles. The molecule has 0 aromatic heterocycles. The topological polar surface area (TPSA) is 62.6 Å². The number of hydrazine groups is 1. The second-order valence-corrected chi connectivity index (χ2v) is 4.42. The van der Waals surface area contributed by atoms with Gasteiger partial charge in [-0.05, 0) is 25.7 Å². The highest BCUT2D eigenvalue weighted by molar-refractivity contribution is 5.81. The maximum Gasteiger partial charge on any atom is 0.293 e. The number of likely N-dealkylation sites (tertiary alicyclic amines) is 1. The second kappa shape index (κ2) is 7.22. The van der Waals surface area contributed by atoms with E-state index in [1.54, 1.807) is 0 Å². The van der Waals surface area contributed by atoms with Crippen molar-refractivity contribution >= 4 is 11.8 Å². The van der Waals surface area contributed by atoms with Crippen LogP contribution in [-0.4, -0.2) is 31.4 Å². The molecule has 1 aliphatic rings. The minimum atomic E-state index is -0.240. The van der Waals surface area contributed by atoms with Crippen molar-refractivity contribution in [2.45, 2.75) is 39.0 Å². The molecule has 0 spiro atoms. The minimum Gasteiger partial charge on any atom is -0.327 e. The third kappa shape index (κ3) is 5.70. The molecule has 92 valence electrons. The number of quaternary nitrogens is 1. The molecule has 0 radical (unpaired) electrons. The van der Waals surface area contributed by atoms with Crippen molar-refractivity contribution in [1.82, 2.24) is 10.9 Å². The number of rotatable bonds is 2. The third-order valence-corrected chi connectivity index (χ3v) is 2.85. The Balaban J connectivity index is 2.22. The first kappa shape index (κ1) is 13.0. The summed E-state index contributed by atoms with van der Waals surface area (Å²) in [6, 6.07) is 0. The van der Waals surface area contributed by atoms with Gasteiger partial charge >= 0.3 is 0 Å². The van der Waals surface area contributed by atoms with E-state index in [1.165, 1.54) is 43.9 Å². The van der Waals surface area contributed by atoms with Gasteiger partial charge in [-0.1, -0.05) is 6.42 Å². The van der Waals surface area contributed by atoms with E-state index >= 15 is 0 Å². The summed E-state index contributed by atoms with van der Waals surface area (Å²) < 4.78 is 0.